The molecule has 0 heterocycles. The summed E-state index contributed by atoms with van der Waals surface area (Å²) in [4.78, 5) is 22.7. The highest BCUT2D eigenvalue weighted by atomic mass is 32.2. The summed E-state index contributed by atoms with van der Waals surface area (Å²) in [6.45, 7) is -0.417. The molecular weight excluding hydrogens is 284 g/mol. The van der Waals surface area contributed by atoms with Crippen LogP contribution in [-0.4, -0.2) is 52.3 Å². The third kappa shape index (κ3) is 3.78. The Morgan fingerprint density at radius 2 is 1.95 bits per heavy atom. The Labute approximate surface area is 117 Å². The summed E-state index contributed by atoms with van der Waals surface area (Å²) in [7, 11) is 0.584. The molecule has 1 aromatic rings. The van der Waals surface area contributed by atoms with Gasteiger partial charge in [-0.15, -0.1) is 0 Å². The van der Waals surface area contributed by atoms with E-state index in [1.807, 2.05) is 0 Å². The van der Waals surface area contributed by atoms with Crippen LogP contribution in [0.1, 0.15) is 10.4 Å². The lowest BCUT2D eigenvalue weighted by atomic mass is 10.2. The number of nitrogens with zero attached hydrogens (tertiary/aromatic N) is 1. The first kappa shape index (κ1) is 16.1. The highest BCUT2D eigenvalue weighted by Crippen LogP contribution is 2.15. The fraction of sp³-hybridized carbons (Fsp3) is 0.333. The number of hydrogen-bond donors (Lipinski definition) is 1. The highest BCUT2D eigenvalue weighted by molar-refractivity contribution is 7.89. The van der Waals surface area contributed by atoms with Crippen LogP contribution < -0.4 is 5.32 Å². The number of amides is 1. The monoisotopic (exact) mass is 300 g/mol. The summed E-state index contributed by atoms with van der Waals surface area (Å²) in [5.74, 6) is -1.21. The predicted molar refractivity (Wildman–Crippen MR) is 71.7 cm³/mol. The highest BCUT2D eigenvalue weighted by Gasteiger charge is 2.19. The van der Waals surface area contributed by atoms with Crippen molar-refractivity contribution in [3.63, 3.8) is 0 Å². The lowest BCUT2D eigenvalue weighted by Crippen LogP contribution is -2.25. The Morgan fingerprint density at radius 3 is 2.50 bits per heavy atom. The summed E-state index contributed by atoms with van der Waals surface area (Å²) < 4.78 is 29.7. The molecule has 1 N–H and O–H groups in total. The van der Waals surface area contributed by atoms with Crippen LogP contribution in [0, 0.1) is 0 Å². The number of likely N-dealkylation sites (N-methyl/N-ethyl adjacent to an activating group) is 1. The minimum atomic E-state index is -3.62. The molecule has 0 saturated carbocycles. The number of esters is 1. The molecule has 110 valence electrons. The molecule has 0 aliphatic rings. The SMILES string of the molecule is CNC(=O)COC(=O)c1cccc(S(=O)(=O)N(C)C)c1. The van der Waals surface area contributed by atoms with Crippen LogP contribution >= 0.6 is 0 Å². The number of ether oxygens (including phenoxy) is 1. The third-order valence-corrected chi connectivity index (χ3v) is 4.27. The van der Waals surface area contributed by atoms with Crippen molar-refractivity contribution in [3.05, 3.63) is 29.8 Å². The molecule has 0 atom stereocenters. The summed E-state index contributed by atoms with van der Waals surface area (Å²) in [6.07, 6.45) is 0. The van der Waals surface area contributed by atoms with Crippen molar-refractivity contribution in [2.24, 2.45) is 0 Å². The first-order valence-electron chi connectivity index (χ1n) is 5.69. The van der Waals surface area contributed by atoms with E-state index in [1.165, 1.54) is 45.4 Å². The summed E-state index contributed by atoms with van der Waals surface area (Å²) in [5.41, 5.74) is 0.0665. The van der Waals surface area contributed by atoms with E-state index in [4.69, 9.17) is 4.74 Å². The average Bonchev–Trinajstić information content (AvgIpc) is 2.44. The number of carbonyl (C=O) groups excluding carboxylic acids is 2. The number of sulfonamides is 1. The molecule has 0 unspecified atom stereocenters. The topological polar surface area (TPSA) is 92.8 Å². The fourth-order valence-corrected chi connectivity index (χ4v) is 2.23. The molecule has 0 spiro atoms. The second-order valence-electron chi connectivity index (χ2n) is 4.06. The summed E-state index contributed by atoms with van der Waals surface area (Å²) in [6, 6.07) is 5.44. The van der Waals surface area contributed by atoms with Crippen molar-refractivity contribution >= 4 is 21.9 Å². The predicted octanol–water partition coefficient (Wildman–Crippen LogP) is -0.160. The van der Waals surface area contributed by atoms with E-state index in [0.717, 1.165) is 4.31 Å². The minimum absolute atomic E-state index is 0.0168. The number of hydrogen-bond acceptors (Lipinski definition) is 5. The second-order valence-corrected chi connectivity index (χ2v) is 6.22. The largest absolute Gasteiger partial charge is 0.452 e. The number of nitrogens with one attached hydrogen (secondary N) is 1. The normalized spacial score (nSPS) is 11.2. The molecule has 0 bridgehead atoms. The van der Waals surface area contributed by atoms with Crippen LogP contribution in [0.15, 0.2) is 29.2 Å². The molecule has 0 aliphatic carbocycles. The van der Waals surface area contributed by atoms with Crippen LogP contribution in [0.25, 0.3) is 0 Å². The van der Waals surface area contributed by atoms with Crippen molar-refractivity contribution in [2.75, 3.05) is 27.7 Å². The molecule has 0 aromatic heterocycles. The lowest BCUT2D eigenvalue weighted by Gasteiger charge is -2.12. The Morgan fingerprint density at radius 1 is 1.30 bits per heavy atom. The first-order chi connectivity index (χ1) is 9.28. The molecule has 8 heteroatoms. The Bertz CT molecular complexity index is 610. The van der Waals surface area contributed by atoms with E-state index >= 15 is 0 Å². The van der Waals surface area contributed by atoms with Gasteiger partial charge in [0.25, 0.3) is 5.91 Å². The van der Waals surface area contributed by atoms with Crippen LogP contribution in [0.4, 0.5) is 0 Å². The molecule has 1 amide bonds. The molecule has 1 rings (SSSR count). The van der Waals surface area contributed by atoms with Gasteiger partial charge in [0.15, 0.2) is 6.61 Å². The van der Waals surface area contributed by atoms with Gasteiger partial charge in [0, 0.05) is 21.1 Å². The standard InChI is InChI=1S/C12H16N2O5S/c1-13-11(15)8-19-12(16)9-5-4-6-10(7-9)20(17,18)14(2)3/h4-7H,8H2,1-3H3,(H,13,15). The minimum Gasteiger partial charge on any atom is -0.452 e. The second kappa shape index (κ2) is 6.49. The van der Waals surface area contributed by atoms with Crippen molar-refractivity contribution in [1.29, 1.82) is 0 Å². The van der Waals surface area contributed by atoms with E-state index in [-0.39, 0.29) is 10.5 Å². The number of benzene rings is 1. The van der Waals surface area contributed by atoms with Gasteiger partial charge in [-0.2, -0.15) is 0 Å². The van der Waals surface area contributed by atoms with E-state index in [0.29, 0.717) is 0 Å². The Balaban J connectivity index is 2.94. The van der Waals surface area contributed by atoms with Crippen molar-refractivity contribution < 1.29 is 22.7 Å². The van der Waals surface area contributed by atoms with Gasteiger partial charge < -0.3 is 10.1 Å². The van der Waals surface area contributed by atoms with E-state index in [1.54, 1.807) is 0 Å². The number of carbonyl (C=O) groups is 2. The smallest absolute Gasteiger partial charge is 0.338 e. The Hall–Kier alpha value is -1.93. The van der Waals surface area contributed by atoms with Crippen LogP contribution in [-0.2, 0) is 19.6 Å². The zero-order valence-corrected chi connectivity index (χ0v) is 12.2. The maximum atomic E-state index is 11.9. The molecule has 0 fully saturated rings. The van der Waals surface area contributed by atoms with Crippen molar-refractivity contribution in [1.82, 2.24) is 9.62 Å². The van der Waals surface area contributed by atoms with Crippen LogP contribution in [0.2, 0.25) is 0 Å². The van der Waals surface area contributed by atoms with Gasteiger partial charge in [0.2, 0.25) is 10.0 Å². The van der Waals surface area contributed by atoms with Gasteiger partial charge in [-0.25, -0.2) is 17.5 Å². The van der Waals surface area contributed by atoms with Gasteiger partial charge in [0.05, 0.1) is 10.5 Å². The maximum absolute atomic E-state index is 11.9. The van der Waals surface area contributed by atoms with E-state index < -0.39 is 28.5 Å². The molecule has 0 saturated heterocycles. The van der Waals surface area contributed by atoms with Gasteiger partial charge in [-0.05, 0) is 18.2 Å². The van der Waals surface area contributed by atoms with Crippen molar-refractivity contribution in [3.8, 4) is 0 Å². The fourth-order valence-electron chi connectivity index (χ4n) is 1.28. The van der Waals surface area contributed by atoms with Crippen LogP contribution in [0.3, 0.4) is 0 Å². The zero-order chi connectivity index (χ0) is 15.3. The van der Waals surface area contributed by atoms with E-state index in [2.05, 4.69) is 5.32 Å². The average molecular weight is 300 g/mol. The zero-order valence-electron chi connectivity index (χ0n) is 11.4. The quantitative estimate of drug-likeness (QED) is 0.763. The van der Waals surface area contributed by atoms with Crippen LogP contribution in [0.5, 0.6) is 0 Å². The van der Waals surface area contributed by atoms with Crippen molar-refractivity contribution in [2.45, 2.75) is 4.90 Å². The first-order valence-corrected chi connectivity index (χ1v) is 7.13. The van der Waals surface area contributed by atoms with Gasteiger partial charge in [0.1, 0.15) is 0 Å². The molecular formula is C12H16N2O5S. The molecule has 0 aliphatic heterocycles. The summed E-state index contributed by atoms with van der Waals surface area (Å²) >= 11 is 0. The molecule has 20 heavy (non-hydrogen) atoms. The summed E-state index contributed by atoms with van der Waals surface area (Å²) in [5, 5.41) is 2.30. The van der Waals surface area contributed by atoms with Gasteiger partial charge in [-0.3, -0.25) is 4.79 Å². The molecule has 0 radical (unpaired) electrons. The van der Waals surface area contributed by atoms with E-state index in [9.17, 15) is 18.0 Å². The third-order valence-electron chi connectivity index (χ3n) is 2.46. The van der Waals surface area contributed by atoms with Gasteiger partial charge in [-0.1, -0.05) is 6.07 Å². The molecule has 7 nitrogen and oxygen atoms in total. The maximum Gasteiger partial charge on any atom is 0.338 e. The van der Waals surface area contributed by atoms with Gasteiger partial charge >= 0.3 is 5.97 Å². The lowest BCUT2D eigenvalue weighted by molar-refractivity contribution is -0.123. The Kier molecular flexibility index (Phi) is 5.23. The number of rotatable bonds is 5. The molecule has 1 aromatic carbocycles.